The van der Waals surface area contributed by atoms with Crippen molar-refractivity contribution in [1.29, 1.82) is 0 Å². The normalized spacial score (nSPS) is 39.2. The van der Waals surface area contributed by atoms with Gasteiger partial charge in [-0.3, -0.25) is 0 Å². The van der Waals surface area contributed by atoms with Gasteiger partial charge in [0.05, 0.1) is 0 Å². The fourth-order valence-electron chi connectivity index (χ4n) is 0.510. The zero-order chi connectivity index (χ0) is 7.15. The quantitative estimate of drug-likeness (QED) is 0.695. The first-order valence-corrected chi connectivity index (χ1v) is 13.1. The number of rotatable bonds is 0. The maximum Gasteiger partial charge on any atom is -0.344 e. The molecule has 0 aliphatic carbocycles. The van der Waals surface area contributed by atoms with Crippen LogP contribution >= 0.6 is 26.9 Å². The van der Waals surface area contributed by atoms with Gasteiger partial charge in [0.25, 0.3) is 0 Å². The summed E-state index contributed by atoms with van der Waals surface area (Å²) in [5.41, 5.74) is 0. The van der Waals surface area contributed by atoms with Gasteiger partial charge >= 0.3 is 67.0 Å². The summed E-state index contributed by atoms with van der Waals surface area (Å²) in [4.78, 5) is 0. The van der Waals surface area contributed by atoms with Gasteiger partial charge in [-0.05, 0) is 0 Å². The van der Waals surface area contributed by atoms with E-state index in [2.05, 4.69) is 0 Å². The standard InChI is InChI=1S/C3H6Cl3O2Te.H3N/c1-3-2-7-9(4,5,6)8-3;/h3H,2H2,1H3;1H3. The SMILES string of the molecule is CC1CO[Te](Cl)(Cl)(Cl)O1.N. The summed E-state index contributed by atoms with van der Waals surface area (Å²) >= 11 is -4.28. The van der Waals surface area contributed by atoms with E-state index in [9.17, 15) is 0 Å². The molecule has 65 valence electrons. The molecule has 1 rings (SSSR count). The molecule has 0 bridgehead atoms. The minimum Gasteiger partial charge on any atom is -0.344 e. The van der Waals surface area contributed by atoms with Crippen molar-refractivity contribution in [3.63, 3.8) is 0 Å². The zero-order valence-electron chi connectivity index (χ0n) is 5.35. The maximum absolute atomic E-state index is 5.60. The Morgan fingerprint density at radius 2 is 1.90 bits per heavy atom. The molecule has 0 aromatic carbocycles. The molecule has 0 amide bonds. The van der Waals surface area contributed by atoms with Crippen LogP contribution in [0, 0.1) is 0 Å². The van der Waals surface area contributed by atoms with Crippen LogP contribution in [0.4, 0.5) is 0 Å². The number of hydrogen-bond donors (Lipinski definition) is 1. The Morgan fingerprint density at radius 3 is 2.00 bits per heavy atom. The maximum atomic E-state index is 5.60. The molecule has 3 N–H and O–H groups in total. The topological polar surface area (TPSA) is 53.5 Å². The van der Waals surface area contributed by atoms with Crippen molar-refractivity contribution >= 4 is 41.2 Å². The minimum absolute atomic E-state index is 0. The average molecular weight is 325 g/mol. The van der Waals surface area contributed by atoms with Crippen LogP contribution in [-0.2, 0) is 6.20 Å². The van der Waals surface area contributed by atoms with Gasteiger partial charge in [-0.25, -0.2) is 0 Å². The summed E-state index contributed by atoms with van der Waals surface area (Å²) in [6.45, 7) is 2.21. The van der Waals surface area contributed by atoms with E-state index in [-0.39, 0.29) is 12.3 Å². The van der Waals surface area contributed by atoms with E-state index < -0.39 is 14.3 Å². The Balaban J connectivity index is 0.000000810. The molecule has 7 heteroatoms. The van der Waals surface area contributed by atoms with Gasteiger partial charge in [0.2, 0.25) is 0 Å². The van der Waals surface area contributed by atoms with Crippen molar-refractivity contribution < 1.29 is 6.20 Å². The van der Waals surface area contributed by atoms with E-state index in [0.717, 1.165) is 0 Å². The van der Waals surface area contributed by atoms with Gasteiger partial charge in [-0.2, -0.15) is 0 Å². The van der Waals surface area contributed by atoms with Crippen LogP contribution in [0.1, 0.15) is 6.92 Å². The van der Waals surface area contributed by atoms with Crippen molar-refractivity contribution in [3.05, 3.63) is 0 Å². The average Bonchev–Trinajstić information content (AvgIpc) is 1.78. The Hall–Kier alpha value is 1.54. The van der Waals surface area contributed by atoms with E-state index in [4.69, 9.17) is 33.1 Å². The summed E-state index contributed by atoms with van der Waals surface area (Å²) in [7, 11) is 16.8. The second-order valence-corrected chi connectivity index (χ2v) is 21.0. The van der Waals surface area contributed by atoms with E-state index in [1.807, 2.05) is 6.92 Å². The van der Waals surface area contributed by atoms with Crippen molar-refractivity contribution in [2.75, 3.05) is 6.61 Å². The van der Waals surface area contributed by atoms with Crippen molar-refractivity contribution in [1.82, 2.24) is 6.15 Å². The molecular weight excluding hydrogens is 316 g/mol. The third-order valence-corrected chi connectivity index (χ3v) is 7.26. The molecule has 1 atom stereocenters. The number of halogens is 3. The van der Waals surface area contributed by atoms with Gasteiger partial charge in [-0.1, -0.05) is 0 Å². The molecule has 1 saturated heterocycles. The molecule has 1 fully saturated rings. The van der Waals surface area contributed by atoms with Gasteiger partial charge in [0.15, 0.2) is 0 Å². The van der Waals surface area contributed by atoms with Crippen LogP contribution in [0.15, 0.2) is 0 Å². The van der Waals surface area contributed by atoms with Crippen LogP contribution in [0.2, 0.25) is 0 Å². The Bertz CT molecular complexity index is 135. The summed E-state index contributed by atoms with van der Waals surface area (Å²) in [6, 6.07) is 0. The molecule has 10 heavy (non-hydrogen) atoms. The van der Waals surface area contributed by atoms with Crippen molar-refractivity contribution in [2.45, 2.75) is 13.0 Å². The van der Waals surface area contributed by atoms with Crippen LogP contribution in [-0.4, -0.2) is 27.0 Å². The van der Waals surface area contributed by atoms with E-state index in [0.29, 0.717) is 6.61 Å². The third-order valence-electron chi connectivity index (χ3n) is 0.797. The molecule has 0 spiro atoms. The van der Waals surface area contributed by atoms with Crippen LogP contribution in [0.5, 0.6) is 0 Å². The first-order chi connectivity index (χ1) is 3.87. The summed E-state index contributed by atoms with van der Waals surface area (Å²) in [6.07, 6.45) is -0.0736. The molecule has 1 radical (unpaired) electrons. The second-order valence-electron chi connectivity index (χ2n) is 1.81. The van der Waals surface area contributed by atoms with E-state index >= 15 is 0 Å². The first kappa shape index (κ1) is 11.5. The number of hydrogen-bond acceptors (Lipinski definition) is 3. The molecule has 1 unspecified atom stereocenters. The molecule has 3 nitrogen and oxygen atoms in total. The molecule has 1 aliphatic rings. The van der Waals surface area contributed by atoms with Crippen LogP contribution < -0.4 is 6.15 Å². The van der Waals surface area contributed by atoms with Crippen molar-refractivity contribution in [2.24, 2.45) is 0 Å². The van der Waals surface area contributed by atoms with E-state index in [1.54, 1.807) is 0 Å². The summed E-state index contributed by atoms with van der Waals surface area (Å²) in [5, 5.41) is 0. The fourth-order valence-corrected chi connectivity index (χ4v) is 6.95. The minimum atomic E-state index is -4.28. The van der Waals surface area contributed by atoms with Gasteiger partial charge in [0.1, 0.15) is 0 Å². The molecular formula is C3H9Cl3NO2Te. The largest absolute Gasteiger partial charge is 0.344 e. The summed E-state index contributed by atoms with van der Waals surface area (Å²) in [5.74, 6) is 0. The van der Waals surface area contributed by atoms with Gasteiger partial charge in [0, 0.05) is 0 Å². The van der Waals surface area contributed by atoms with Gasteiger partial charge in [-0.15, -0.1) is 0 Å². The summed E-state index contributed by atoms with van der Waals surface area (Å²) < 4.78 is 9.91. The molecule has 0 aromatic rings. The van der Waals surface area contributed by atoms with Crippen LogP contribution in [0.3, 0.4) is 0 Å². The van der Waals surface area contributed by atoms with E-state index in [1.165, 1.54) is 0 Å². The molecule has 0 saturated carbocycles. The Morgan fingerprint density at radius 1 is 1.40 bits per heavy atom. The zero-order valence-corrected chi connectivity index (χ0v) is 9.95. The Labute approximate surface area is 72.8 Å². The van der Waals surface area contributed by atoms with Crippen LogP contribution in [0.25, 0.3) is 0 Å². The molecule has 1 heterocycles. The third kappa shape index (κ3) is 3.29. The first-order valence-electron chi connectivity index (χ1n) is 2.31. The predicted octanol–water partition coefficient (Wildman–Crippen LogP) is 2.19. The Kier molecular flexibility index (Phi) is 3.60. The fraction of sp³-hybridized carbons (Fsp3) is 1.00. The monoisotopic (exact) mass is 326 g/mol. The smallest absolute Gasteiger partial charge is 0.344 e. The van der Waals surface area contributed by atoms with Crippen molar-refractivity contribution in [3.8, 4) is 0 Å². The predicted molar refractivity (Wildman–Crippen MR) is 44.8 cm³/mol. The molecule has 1 aliphatic heterocycles. The molecule has 0 aromatic heterocycles. The van der Waals surface area contributed by atoms with Gasteiger partial charge < -0.3 is 6.15 Å². The second kappa shape index (κ2) is 3.12.